The number of benzene rings is 2. The molecule has 4 heteroatoms. The van der Waals surface area contributed by atoms with Crippen LogP contribution in [0, 0.1) is 6.92 Å². The summed E-state index contributed by atoms with van der Waals surface area (Å²) in [6, 6.07) is 18.4. The molecule has 0 saturated heterocycles. The monoisotopic (exact) mass is 311 g/mol. The minimum atomic E-state index is 0.443. The van der Waals surface area contributed by atoms with Gasteiger partial charge in [0.25, 0.3) is 0 Å². The molecular weight excluding hydrogens is 286 g/mol. The first-order chi connectivity index (χ1) is 11.2. The zero-order valence-electron chi connectivity index (χ0n) is 13.7. The molecule has 23 heavy (non-hydrogen) atoms. The second kappa shape index (κ2) is 9.64. The van der Waals surface area contributed by atoms with Crippen LogP contribution in [0.5, 0.6) is 0 Å². The Kier molecular flexibility index (Phi) is 7.14. The Hall–Kier alpha value is -2.33. The summed E-state index contributed by atoms with van der Waals surface area (Å²) in [6.07, 6.45) is 1.81. The number of nitrogens with two attached hydrogens (primary N) is 1. The summed E-state index contributed by atoms with van der Waals surface area (Å²) in [5, 5.41) is 3.08. The van der Waals surface area contributed by atoms with Gasteiger partial charge in [-0.2, -0.15) is 0 Å². The van der Waals surface area contributed by atoms with Crippen LogP contribution in [0.15, 0.2) is 59.6 Å². The number of hydrogen-bond donors (Lipinski definition) is 2. The van der Waals surface area contributed by atoms with Crippen LogP contribution < -0.4 is 11.1 Å². The minimum absolute atomic E-state index is 0.443. The third-order valence-electron chi connectivity index (χ3n) is 3.43. The summed E-state index contributed by atoms with van der Waals surface area (Å²) in [5.41, 5.74) is 9.34. The summed E-state index contributed by atoms with van der Waals surface area (Å²) in [5.74, 6) is 0.443. The predicted molar refractivity (Wildman–Crippen MR) is 96.9 cm³/mol. The molecule has 0 aliphatic rings. The molecule has 2 aromatic rings. The quantitative estimate of drug-likeness (QED) is 0.446. The van der Waals surface area contributed by atoms with Gasteiger partial charge in [-0.25, -0.2) is 0 Å². The molecule has 0 unspecified atom stereocenters. The molecule has 0 aliphatic carbocycles. The van der Waals surface area contributed by atoms with Gasteiger partial charge in [0.1, 0.15) is 0 Å². The molecule has 0 fully saturated rings. The highest BCUT2D eigenvalue weighted by Gasteiger charge is 1.95. The Morgan fingerprint density at radius 1 is 1.04 bits per heavy atom. The SMILES string of the molecule is Cc1ccc(NC(N)=NCCCOCCc2ccccc2)cc1. The van der Waals surface area contributed by atoms with Crippen molar-refractivity contribution < 1.29 is 4.74 Å². The lowest BCUT2D eigenvalue weighted by atomic mass is 10.2. The van der Waals surface area contributed by atoms with Gasteiger partial charge in [0.2, 0.25) is 0 Å². The highest BCUT2D eigenvalue weighted by atomic mass is 16.5. The molecule has 4 nitrogen and oxygen atoms in total. The molecule has 0 amide bonds. The lowest BCUT2D eigenvalue weighted by Gasteiger charge is -2.06. The lowest BCUT2D eigenvalue weighted by molar-refractivity contribution is 0.136. The number of ether oxygens (including phenoxy) is 1. The second-order valence-corrected chi connectivity index (χ2v) is 5.46. The highest BCUT2D eigenvalue weighted by Crippen LogP contribution is 2.07. The van der Waals surface area contributed by atoms with Crippen molar-refractivity contribution in [3.05, 3.63) is 65.7 Å². The summed E-state index contributed by atoms with van der Waals surface area (Å²) in [7, 11) is 0. The van der Waals surface area contributed by atoms with Crippen molar-refractivity contribution >= 4 is 11.6 Å². The van der Waals surface area contributed by atoms with Crippen LogP contribution in [0.25, 0.3) is 0 Å². The topological polar surface area (TPSA) is 59.6 Å². The maximum atomic E-state index is 5.86. The smallest absolute Gasteiger partial charge is 0.193 e. The van der Waals surface area contributed by atoms with Crippen LogP contribution >= 0.6 is 0 Å². The summed E-state index contributed by atoms with van der Waals surface area (Å²) in [4.78, 5) is 4.30. The average Bonchev–Trinajstić information content (AvgIpc) is 2.57. The van der Waals surface area contributed by atoms with Crippen LogP contribution in [-0.4, -0.2) is 25.7 Å². The van der Waals surface area contributed by atoms with Crippen molar-refractivity contribution in [2.75, 3.05) is 25.1 Å². The third kappa shape index (κ3) is 6.98. The Balaban J connectivity index is 1.56. The Bertz CT molecular complexity index is 594. The number of hydrogen-bond acceptors (Lipinski definition) is 2. The second-order valence-electron chi connectivity index (χ2n) is 5.46. The molecule has 0 bridgehead atoms. The first-order valence-corrected chi connectivity index (χ1v) is 7.99. The predicted octanol–water partition coefficient (Wildman–Crippen LogP) is 3.37. The molecule has 3 N–H and O–H groups in total. The first kappa shape index (κ1) is 17.0. The van der Waals surface area contributed by atoms with Gasteiger partial charge in [-0.05, 0) is 37.5 Å². The molecule has 0 aromatic heterocycles. The van der Waals surface area contributed by atoms with Crippen molar-refractivity contribution in [3.63, 3.8) is 0 Å². The van der Waals surface area contributed by atoms with E-state index in [4.69, 9.17) is 10.5 Å². The van der Waals surface area contributed by atoms with Gasteiger partial charge in [-0.15, -0.1) is 0 Å². The number of nitrogens with one attached hydrogen (secondary N) is 1. The number of anilines is 1. The molecule has 0 radical (unpaired) electrons. The highest BCUT2D eigenvalue weighted by molar-refractivity contribution is 5.92. The van der Waals surface area contributed by atoms with Crippen molar-refractivity contribution in [1.29, 1.82) is 0 Å². The van der Waals surface area contributed by atoms with Gasteiger partial charge >= 0.3 is 0 Å². The van der Waals surface area contributed by atoms with Crippen LogP contribution in [-0.2, 0) is 11.2 Å². The molecule has 2 rings (SSSR count). The number of nitrogens with zero attached hydrogens (tertiary/aromatic N) is 1. The number of guanidine groups is 1. The fourth-order valence-electron chi connectivity index (χ4n) is 2.13. The molecular formula is C19H25N3O. The van der Waals surface area contributed by atoms with Gasteiger partial charge < -0.3 is 15.8 Å². The van der Waals surface area contributed by atoms with Gasteiger partial charge in [-0.1, -0.05) is 48.0 Å². The fourth-order valence-corrected chi connectivity index (χ4v) is 2.13. The number of rotatable bonds is 8. The summed E-state index contributed by atoms with van der Waals surface area (Å²) >= 11 is 0. The van der Waals surface area contributed by atoms with E-state index in [0.717, 1.165) is 25.1 Å². The van der Waals surface area contributed by atoms with Gasteiger partial charge in [-0.3, -0.25) is 4.99 Å². The largest absolute Gasteiger partial charge is 0.381 e. The molecule has 0 spiro atoms. The van der Waals surface area contributed by atoms with E-state index in [9.17, 15) is 0 Å². The Morgan fingerprint density at radius 2 is 1.78 bits per heavy atom. The van der Waals surface area contributed by atoms with Gasteiger partial charge in [0, 0.05) is 18.8 Å². The van der Waals surface area contributed by atoms with E-state index in [0.29, 0.717) is 19.1 Å². The number of aliphatic imine (C=N–C) groups is 1. The van der Waals surface area contributed by atoms with Crippen molar-refractivity contribution in [1.82, 2.24) is 0 Å². The Labute approximate surface area is 138 Å². The van der Waals surface area contributed by atoms with Crippen LogP contribution in [0.4, 0.5) is 5.69 Å². The molecule has 122 valence electrons. The third-order valence-corrected chi connectivity index (χ3v) is 3.43. The van der Waals surface area contributed by atoms with E-state index in [-0.39, 0.29) is 0 Å². The average molecular weight is 311 g/mol. The lowest BCUT2D eigenvalue weighted by Crippen LogP contribution is -2.23. The zero-order chi connectivity index (χ0) is 16.3. The molecule has 2 aromatic carbocycles. The molecule has 0 atom stereocenters. The zero-order valence-corrected chi connectivity index (χ0v) is 13.7. The van der Waals surface area contributed by atoms with Crippen LogP contribution in [0.2, 0.25) is 0 Å². The van der Waals surface area contributed by atoms with Crippen molar-refractivity contribution in [2.24, 2.45) is 10.7 Å². The van der Waals surface area contributed by atoms with E-state index >= 15 is 0 Å². The fraction of sp³-hybridized carbons (Fsp3) is 0.316. The molecule has 0 aliphatic heterocycles. The van der Waals surface area contributed by atoms with Crippen LogP contribution in [0.3, 0.4) is 0 Å². The van der Waals surface area contributed by atoms with E-state index in [2.05, 4.69) is 29.4 Å². The van der Waals surface area contributed by atoms with Crippen molar-refractivity contribution in [2.45, 2.75) is 19.8 Å². The van der Waals surface area contributed by atoms with E-state index in [1.54, 1.807) is 0 Å². The summed E-state index contributed by atoms with van der Waals surface area (Å²) < 4.78 is 5.62. The van der Waals surface area contributed by atoms with Crippen LogP contribution in [0.1, 0.15) is 17.5 Å². The maximum Gasteiger partial charge on any atom is 0.193 e. The molecule has 0 heterocycles. The first-order valence-electron chi connectivity index (χ1n) is 7.99. The van der Waals surface area contributed by atoms with Gasteiger partial charge in [0.15, 0.2) is 5.96 Å². The standard InChI is InChI=1S/C19H25N3O/c1-16-8-10-18(11-9-16)22-19(20)21-13-5-14-23-15-12-17-6-3-2-4-7-17/h2-4,6-11H,5,12-15H2,1H3,(H3,20,21,22). The van der Waals surface area contributed by atoms with Crippen molar-refractivity contribution in [3.8, 4) is 0 Å². The van der Waals surface area contributed by atoms with E-state index < -0.39 is 0 Å². The number of aryl methyl sites for hydroxylation is 1. The normalized spacial score (nSPS) is 11.4. The Morgan fingerprint density at radius 3 is 2.52 bits per heavy atom. The maximum absolute atomic E-state index is 5.86. The van der Waals surface area contributed by atoms with Gasteiger partial charge in [0.05, 0.1) is 6.61 Å². The van der Waals surface area contributed by atoms with E-state index in [1.165, 1.54) is 11.1 Å². The summed E-state index contributed by atoms with van der Waals surface area (Å²) in [6.45, 7) is 4.16. The minimum Gasteiger partial charge on any atom is -0.381 e. The molecule has 0 saturated carbocycles. The van der Waals surface area contributed by atoms with E-state index in [1.807, 2.05) is 42.5 Å².